The second-order valence-corrected chi connectivity index (χ2v) is 11.6. The molecule has 0 aliphatic carbocycles. The fourth-order valence-corrected chi connectivity index (χ4v) is 5.64. The van der Waals surface area contributed by atoms with Crippen LogP contribution in [0.3, 0.4) is 0 Å². The number of carbonyl (C=O) groups is 1. The van der Waals surface area contributed by atoms with E-state index in [2.05, 4.69) is 78.4 Å². The quantitative estimate of drug-likeness (QED) is 0.210. The molecule has 11 heteroatoms. The molecular weight excluding hydrogens is 626 g/mol. The van der Waals surface area contributed by atoms with Crippen molar-refractivity contribution in [2.45, 2.75) is 32.4 Å². The van der Waals surface area contributed by atoms with Crippen molar-refractivity contribution < 1.29 is 4.79 Å². The van der Waals surface area contributed by atoms with E-state index in [1.807, 2.05) is 41.6 Å². The van der Waals surface area contributed by atoms with Crippen molar-refractivity contribution in [1.82, 2.24) is 25.1 Å². The SMILES string of the molecule is CC(C)NC[C@@H](C(=O)N1CCN(c2c(-c3cccc(CN(C)C)c3)cnc3[nH]ccc23)CC1)c1ccc(Cl)cc1.Cl.Cl.Cl. The molecule has 1 aliphatic rings. The maximum atomic E-state index is 13.8. The second-order valence-electron chi connectivity index (χ2n) is 11.2. The van der Waals surface area contributed by atoms with Gasteiger partial charge >= 0.3 is 0 Å². The summed E-state index contributed by atoms with van der Waals surface area (Å²) in [6, 6.07) is 18.8. The lowest BCUT2D eigenvalue weighted by molar-refractivity contribution is -0.133. The van der Waals surface area contributed by atoms with Gasteiger partial charge in [0.05, 0.1) is 11.6 Å². The number of aromatic amines is 1. The Morgan fingerprint density at radius 1 is 1.02 bits per heavy atom. The standard InChI is InChI=1S/C32H39ClN6O.3ClH/c1-22(2)35-20-29(24-8-10-26(33)11-9-24)32(40)39-16-14-38(15-17-39)30-27-12-13-34-31(27)36-19-28(30)25-7-5-6-23(18-25)21-37(3)4;;;/h5-13,18-19,22,29,35H,14-17,20-21H2,1-4H3,(H,34,36);3*1H/t29-;;;/m1.../s1. The number of fused-ring (bicyclic) bond motifs is 1. The second kappa shape index (κ2) is 16.5. The maximum Gasteiger partial charge on any atom is 0.231 e. The zero-order chi connectivity index (χ0) is 28.2. The lowest BCUT2D eigenvalue weighted by Crippen LogP contribution is -2.51. The van der Waals surface area contributed by atoms with Gasteiger partial charge in [0.25, 0.3) is 0 Å². The smallest absolute Gasteiger partial charge is 0.231 e. The summed E-state index contributed by atoms with van der Waals surface area (Å²) < 4.78 is 0. The molecule has 43 heavy (non-hydrogen) atoms. The average molecular weight is 669 g/mol. The van der Waals surface area contributed by atoms with Crippen molar-refractivity contribution in [3.05, 3.63) is 83.1 Å². The molecule has 2 aromatic heterocycles. The van der Waals surface area contributed by atoms with Gasteiger partial charge in [-0.05, 0) is 55.1 Å². The molecule has 5 rings (SSSR count). The number of hydrogen-bond acceptors (Lipinski definition) is 5. The van der Waals surface area contributed by atoms with Crippen LogP contribution in [0.4, 0.5) is 5.69 Å². The van der Waals surface area contributed by atoms with Crippen LogP contribution >= 0.6 is 48.8 Å². The Balaban J connectivity index is 0.00000215. The summed E-state index contributed by atoms with van der Waals surface area (Å²) in [6.45, 7) is 8.53. The highest BCUT2D eigenvalue weighted by molar-refractivity contribution is 6.30. The van der Waals surface area contributed by atoms with Gasteiger partial charge in [0.2, 0.25) is 5.91 Å². The lowest BCUT2D eigenvalue weighted by Gasteiger charge is -2.38. The summed E-state index contributed by atoms with van der Waals surface area (Å²) >= 11 is 6.14. The largest absolute Gasteiger partial charge is 0.367 e. The Hall–Kier alpha value is -2.52. The fourth-order valence-electron chi connectivity index (χ4n) is 5.52. The van der Waals surface area contributed by atoms with E-state index >= 15 is 0 Å². The molecule has 1 aliphatic heterocycles. The molecule has 0 bridgehead atoms. The number of hydrogen-bond donors (Lipinski definition) is 2. The van der Waals surface area contributed by atoms with Gasteiger partial charge in [-0.15, -0.1) is 37.2 Å². The number of rotatable bonds is 9. The van der Waals surface area contributed by atoms with E-state index in [1.54, 1.807) is 0 Å². The van der Waals surface area contributed by atoms with E-state index in [1.165, 1.54) is 11.3 Å². The van der Waals surface area contributed by atoms with Gasteiger partial charge in [-0.3, -0.25) is 4.79 Å². The van der Waals surface area contributed by atoms with Crippen LogP contribution in [0.2, 0.25) is 5.02 Å². The van der Waals surface area contributed by atoms with Crippen molar-refractivity contribution in [2.24, 2.45) is 0 Å². The van der Waals surface area contributed by atoms with Gasteiger partial charge in [-0.2, -0.15) is 0 Å². The number of pyridine rings is 1. The summed E-state index contributed by atoms with van der Waals surface area (Å²) in [6.07, 6.45) is 3.93. The monoisotopic (exact) mass is 666 g/mol. The number of nitrogens with one attached hydrogen (secondary N) is 2. The molecule has 1 fully saturated rings. The van der Waals surface area contributed by atoms with E-state index in [4.69, 9.17) is 16.6 Å². The highest BCUT2D eigenvalue weighted by atomic mass is 35.5. The van der Waals surface area contributed by atoms with Crippen LogP contribution in [0.15, 0.2) is 67.0 Å². The molecule has 0 saturated carbocycles. The Labute approximate surface area is 278 Å². The molecule has 3 heterocycles. The zero-order valence-electron chi connectivity index (χ0n) is 25.0. The minimum absolute atomic E-state index is 0. The molecule has 4 aromatic rings. The summed E-state index contributed by atoms with van der Waals surface area (Å²) in [7, 11) is 4.17. The van der Waals surface area contributed by atoms with Crippen LogP contribution in [-0.2, 0) is 11.3 Å². The van der Waals surface area contributed by atoms with Crippen molar-refractivity contribution in [1.29, 1.82) is 0 Å². The molecule has 7 nitrogen and oxygen atoms in total. The zero-order valence-corrected chi connectivity index (χ0v) is 28.3. The summed E-state index contributed by atoms with van der Waals surface area (Å²) in [4.78, 5) is 28.5. The Kier molecular flexibility index (Phi) is 14.1. The average Bonchev–Trinajstić information content (AvgIpc) is 3.42. The predicted octanol–water partition coefficient (Wildman–Crippen LogP) is 6.64. The Morgan fingerprint density at radius 3 is 2.37 bits per heavy atom. The van der Waals surface area contributed by atoms with Crippen molar-refractivity contribution in [3.63, 3.8) is 0 Å². The van der Waals surface area contributed by atoms with E-state index in [0.717, 1.165) is 47.4 Å². The van der Waals surface area contributed by atoms with Gasteiger partial charge < -0.3 is 25.0 Å². The number of H-pyrrole nitrogens is 1. The Bertz CT molecular complexity index is 1450. The van der Waals surface area contributed by atoms with Crippen LogP contribution in [-0.4, -0.2) is 78.5 Å². The van der Waals surface area contributed by atoms with Gasteiger partial charge in [0, 0.05) is 73.7 Å². The van der Waals surface area contributed by atoms with E-state index in [0.29, 0.717) is 30.7 Å². The van der Waals surface area contributed by atoms with E-state index < -0.39 is 0 Å². The molecule has 0 unspecified atom stereocenters. The molecule has 1 amide bonds. The number of nitrogens with zero attached hydrogens (tertiary/aromatic N) is 4. The van der Waals surface area contributed by atoms with Gasteiger partial charge in [0.15, 0.2) is 0 Å². The summed E-state index contributed by atoms with van der Waals surface area (Å²) in [5.74, 6) is -0.0910. The molecule has 2 aromatic carbocycles. The molecule has 0 spiro atoms. The van der Waals surface area contributed by atoms with E-state index in [-0.39, 0.29) is 49.0 Å². The summed E-state index contributed by atoms with van der Waals surface area (Å²) in [5, 5.41) is 5.25. The molecular formula is C32H42Cl4N6O. The first kappa shape index (κ1) is 36.7. The van der Waals surface area contributed by atoms with Gasteiger partial charge in [-0.25, -0.2) is 4.98 Å². The fraction of sp³-hybridized carbons (Fsp3) is 0.375. The summed E-state index contributed by atoms with van der Waals surface area (Å²) in [5.41, 5.74) is 6.59. The number of carbonyl (C=O) groups excluding carboxylic acids is 1. The molecule has 1 saturated heterocycles. The van der Waals surface area contributed by atoms with Crippen molar-refractivity contribution in [3.8, 4) is 11.1 Å². The first-order valence-electron chi connectivity index (χ1n) is 14.0. The number of aromatic nitrogens is 2. The first-order valence-corrected chi connectivity index (χ1v) is 14.4. The van der Waals surface area contributed by atoms with Crippen molar-refractivity contribution >= 4 is 71.5 Å². The third kappa shape index (κ3) is 8.78. The first-order chi connectivity index (χ1) is 19.3. The van der Waals surface area contributed by atoms with Crippen LogP contribution in [0, 0.1) is 0 Å². The van der Waals surface area contributed by atoms with Gasteiger partial charge in [0.1, 0.15) is 5.65 Å². The van der Waals surface area contributed by atoms with Crippen LogP contribution in [0.25, 0.3) is 22.2 Å². The minimum Gasteiger partial charge on any atom is -0.367 e. The molecule has 1 atom stereocenters. The number of halogens is 4. The highest BCUT2D eigenvalue weighted by Gasteiger charge is 2.30. The number of anilines is 1. The van der Waals surface area contributed by atoms with Crippen molar-refractivity contribution in [2.75, 3.05) is 51.7 Å². The highest BCUT2D eigenvalue weighted by Crippen LogP contribution is 2.37. The maximum absolute atomic E-state index is 13.8. The van der Waals surface area contributed by atoms with E-state index in [9.17, 15) is 4.79 Å². The number of amides is 1. The normalized spacial score (nSPS) is 13.8. The molecule has 234 valence electrons. The molecule has 2 N–H and O–H groups in total. The number of piperazine rings is 1. The lowest BCUT2D eigenvalue weighted by atomic mass is 9.96. The minimum atomic E-state index is -0.251. The van der Waals surface area contributed by atoms with Crippen LogP contribution in [0.5, 0.6) is 0 Å². The van der Waals surface area contributed by atoms with Crippen LogP contribution < -0.4 is 10.2 Å². The third-order valence-corrected chi connectivity index (χ3v) is 7.76. The Morgan fingerprint density at radius 2 is 1.72 bits per heavy atom. The topological polar surface area (TPSA) is 67.5 Å². The van der Waals surface area contributed by atoms with Gasteiger partial charge in [-0.1, -0.05) is 55.8 Å². The number of benzene rings is 2. The molecule has 0 radical (unpaired) electrons. The third-order valence-electron chi connectivity index (χ3n) is 7.50. The predicted molar refractivity (Wildman–Crippen MR) is 187 cm³/mol. The van der Waals surface area contributed by atoms with Crippen LogP contribution in [0.1, 0.15) is 30.9 Å².